The molecular formula is C9H9N3OS. The van der Waals surface area contributed by atoms with E-state index in [1.54, 1.807) is 19.5 Å². The lowest BCUT2D eigenvalue weighted by Gasteiger charge is -2.07. The SMILES string of the molecule is COc1c(-c2cnsc2)ccnc1N. The Balaban J connectivity index is 2.58. The van der Waals surface area contributed by atoms with Crippen LogP contribution in [0.2, 0.25) is 0 Å². The molecule has 0 radical (unpaired) electrons. The lowest BCUT2D eigenvalue weighted by atomic mass is 10.1. The standard InChI is InChI=1S/C9H9N3OS/c1-13-8-7(2-3-11-9(8)10)6-4-12-14-5-6/h2-5H,1H3,(H2,10,11). The van der Waals surface area contributed by atoms with Gasteiger partial charge in [-0.3, -0.25) is 0 Å². The zero-order valence-electron chi connectivity index (χ0n) is 7.60. The van der Waals surface area contributed by atoms with Crippen molar-refractivity contribution in [2.75, 3.05) is 12.8 Å². The summed E-state index contributed by atoms with van der Waals surface area (Å²) >= 11 is 1.39. The average molecular weight is 207 g/mol. The minimum absolute atomic E-state index is 0.399. The van der Waals surface area contributed by atoms with Gasteiger partial charge in [-0.15, -0.1) is 0 Å². The molecule has 5 heteroatoms. The number of aromatic nitrogens is 2. The predicted molar refractivity (Wildman–Crippen MR) is 56.3 cm³/mol. The van der Waals surface area contributed by atoms with Crippen LogP contribution in [0.25, 0.3) is 11.1 Å². The zero-order valence-corrected chi connectivity index (χ0v) is 8.41. The van der Waals surface area contributed by atoms with E-state index < -0.39 is 0 Å². The maximum absolute atomic E-state index is 5.68. The van der Waals surface area contributed by atoms with Gasteiger partial charge in [0.25, 0.3) is 0 Å². The summed E-state index contributed by atoms with van der Waals surface area (Å²) in [5.41, 5.74) is 7.61. The van der Waals surface area contributed by atoms with E-state index in [2.05, 4.69) is 9.36 Å². The average Bonchev–Trinajstić information content (AvgIpc) is 2.70. The third-order valence-corrected chi connectivity index (χ3v) is 2.47. The highest BCUT2D eigenvalue weighted by atomic mass is 32.1. The first-order valence-corrected chi connectivity index (χ1v) is 4.85. The molecule has 72 valence electrons. The first-order valence-electron chi connectivity index (χ1n) is 4.01. The molecule has 2 heterocycles. The Labute approximate surface area is 85.5 Å². The van der Waals surface area contributed by atoms with E-state index >= 15 is 0 Å². The van der Waals surface area contributed by atoms with E-state index in [0.717, 1.165) is 11.1 Å². The van der Waals surface area contributed by atoms with Crippen LogP contribution in [0, 0.1) is 0 Å². The summed E-state index contributed by atoms with van der Waals surface area (Å²) in [5.74, 6) is 1.00. The molecule has 0 unspecified atom stereocenters. The minimum atomic E-state index is 0.399. The molecule has 0 aliphatic heterocycles. The van der Waals surface area contributed by atoms with E-state index in [-0.39, 0.29) is 0 Å². The van der Waals surface area contributed by atoms with Crippen molar-refractivity contribution in [2.24, 2.45) is 0 Å². The van der Waals surface area contributed by atoms with Gasteiger partial charge < -0.3 is 10.5 Å². The van der Waals surface area contributed by atoms with Crippen LogP contribution in [0.5, 0.6) is 5.75 Å². The van der Waals surface area contributed by atoms with Crippen molar-refractivity contribution in [3.8, 4) is 16.9 Å². The Morgan fingerprint density at radius 3 is 3.00 bits per heavy atom. The quantitative estimate of drug-likeness (QED) is 0.815. The number of anilines is 1. The van der Waals surface area contributed by atoms with Gasteiger partial charge in [-0.25, -0.2) is 9.36 Å². The molecule has 2 N–H and O–H groups in total. The summed E-state index contributed by atoms with van der Waals surface area (Å²) in [7, 11) is 1.58. The maximum Gasteiger partial charge on any atom is 0.168 e. The highest BCUT2D eigenvalue weighted by Crippen LogP contribution is 2.33. The summed E-state index contributed by atoms with van der Waals surface area (Å²) in [6.45, 7) is 0. The molecule has 2 rings (SSSR count). The normalized spacial score (nSPS) is 10.1. The Kier molecular flexibility index (Phi) is 2.32. The van der Waals surface area contributed by atoms with Crippen molar-refractivity contribution in [3.63, 3.8) is 0 Å². The maximum atomic E-state index is 5.68. The van der Waals surface area contributed by atoms with Crippen LogP contribution in [0.4, 0.5) is 5.82 Å². The van der Waals surface area contributed by atoms with Gasteiger partial charge in [-0.2, -0.15) is 0 Å². The van der Waals surface area contributed by atoms with E-state index in [1.807, 2.05) is 11.4 Å². The fourth-order valence-electron chi connectivity index (χ4n) is 1.24. The van der Waals surface area contributed by atoms with Gasteiger partial charge in [0, 0.05) is 28.9 Å². The lowest BCUT2D eigenvalue weighted by molar-refractivity contribution is 0.417. The van der Waals surface area contributed by atoms with Crippen LogP contribution in [0.3, 0.4) is 0 Å². The summed E-state index contributed by atoms with van der Waals surface area (Å²) in [6.07, 6.45) is 3.44. The van der Waals surface area contributed by atoms with Gasteiger partial charge in [0.05, 0.1) is 7.11 Å². The molecule has 0 aromatic carbocycles. The fraction of sp³-hybridized carbons (Fsp3) is 0.111. The highest BCUT2D eigenvalue weighted by molar-refractivity contribution is 7.03. The molecule has 4 nitrogen and oxygen atoms in total. The van der Waals surface area contributed by atoms with Gasteiger partial charge in [0.1, 0.15) is 0 Å². The monoisotopic (exact) mass is 207 g/mol. The van der Waals surface area contributed by atoms with Gasteiger partial charge >= 0.3 is 0 Å². The lowest BCUT2D eigenvalue weighted by Crippen LogP contribution is -1.96. The summed E-state index contributed by atoms with van der Waals surface area (Å²) in [5, 5.41) is 1.94. The van der Waals surface area contributed by atoms with Crippen LogP contribution < -0.4 is 10.5 Å². The van der Waals surface area contributed by atoms with Gasteiger partial charge in [-0.05, 0) is 17.6 Å². The first-order chi connectivity index (χ1) is 6.83. The minimum Gasteiger partial charge on any atom is -0.492 e. The number of pyridine rings is 1. The van der Waals surface area contributed by atoms with E-state index in [0.29, 0.717) is 11.6 Å². The predicted octanol–water partition coefficient (Wildman–Crippen LogP) is 1.80. The van der Waals surface area contributed by atoms with Crippen molar-refractivity contribution < 1.29 is 4.74 Å². The topological polar surface area (TPSA) is 61.0 Å². The molecular weight excluding hydrogens is 198 g/mol. The summed E-state index contributed by atoms with van der Waals surface area (Å²) in [4.78, 5) is 3.96. The zero-order chi connectivity index (χ0) is 9.97. The number of ether oxygens (including phenoxy) is 1. The van der Waals surface area contributed by atoms with Crippen molar-refractivity contribution in [1.29, 1.82) is 0 Å². The molecule has 0 aliphatic carbocycles. The molecule has 0 atom stereocenters. The number of nitrogens with two attached hydrogens (primary N) is 1. The second kappa shape index (κ2) is 3.63. The Hall–Kier alpha value is -1.62. The largest absolute Gasteiger partial charge is 0.492 e. The van der Waals surface area contributed by atoms with Gasteiger partial charge in [-0.1, -0.05) is 0 Å². The van der Waals surface area contributed by atoms with E-state index in [9.17, 15) is 0 Å². The second-order valence-electron chi connectivity index (χ2n) is 2.69. The van der Waals surface area contributed by atoms with E-state index in [1.165, 1.54) is 11.5 Å². The number of rotatable bonds is 2. The molecule has 14 heavy (non-hydrogen) atoms. The van der Waals surface area contributed by atoms with Crippen molar-refractivity contribution in [2.45, 2.75) is 0 Å². The Morgan fingerprint density at radius 1 is 1.50 bits per heavy atom. The molecule has 0 aliphatic rings. The number of methoxy groups -OCH3 is 1. The molecule has 0 saturated heterocycles. The van der Waals surface area contributed by atoms with Gasteiger partial charge in [0.15, 0.2) is 11.6 Å². The molecule has 0 fully saturated rings. The van der Waals surface area contributed by atoms with Crippen LogP contribution in [-0.2, 0) is 0 Å². The van der Waals surface area contributed by atoms with Crippen molar-refractivity contribution >= 4 is 17.4 Å². The molecule has 0 saturated carbocycles. The molecule has 2 aromatic rings. The second-order valence-corrected chi connectivity index (χ2v) is 3.35. The van der Waals surface area contributed by atoms with Crippen LogP contribution >= 0.6 is 11.5 Å². The smallest absolute Gasteiger partial charge is 0.168 e. The number of hydrogen-bond acceptors (Lipinski definition) is 5. The van der Waals surface area contributed by atoms with E-state index in [4.69, 9.17) is 10.5 Å². The third kappa shape index (κ3) is 1.42. The van der Waals surface area contributed by atoms with Crippen molar-refractivity contribution in [3.05, 3.63) is 23.8 Å². The Bertz CT molecular complexity index is 428. The van der Waals surface area contributed by atoms with Crippen LogP contribution in [0.1, 0.15) is 0 Å². The third-order valence-electron chi connectivity index (χ3n) is 1.88. The van der Waals surface area contributed by atoms with Crippen LogP contribution in [-0.4, -0.2) is 16.5 Å². The molecule has 0 bridgehead atoms. The number of nitrogen functional groups attached to an aromatic ring is 1. The van der Waals surface area contributed by atoms with Gasteiger partial charge in [0.2, 0.25) is 0 Å². The number of hydrogen-bond donors (Lipinski definition) is 1. The van der Waals surface area contributed by atoms with Crippen molar-refractivity contribution in [1.82, 2.24) is 9.36 Å². The molecule has 0 amide bonds. The molecule has 2 aromatic heterocycles. The summed E-state index contributed by atoms with van der Waals surface area (Å²) in [6, 6.07) is 1.86. The fourth-order valence-corrected chi connectivity index (χ4v) is 1.78. The Morgan fingerprint density at radius 2 is 2.36 bits per heavy atom. The van der Waals surface area contributed by atoms with Crippen LogP contribution in [0.15, 0.2) is 23.8 Å². The number of nitrogens with zero attached hydrogens (tertiary/aromatic N) is 2. The summed E-state index contributed by atoms with van der Waals surface area (Å²) < 4.78 is 9.22. The highest BCUT2D eigenvalue weighted by Gasteiger charge is 2.09. The molecule has 0 spiro atoms. The first kappa shape index (κ1) is 8.96.